The molecule has 0 aliphatic carbocycles. The maximum absolute atomic E-state index is 13.4. The molecular formula is C24H35N5O6. The molecule has 1 aliphatic rings. The van der Waals surface area contributed by atoms with Gasteiger partial charge in [-0.3, -0.25) is 19.2 Å². The van der Waals surface area contributed by atoms with Crippen molar-refractivity contribution in [2.45, 2.75) is 70.1 Å². The number of nitrogens with zero attached hydrogens (tertiary/aromatic N) is 1. The van der Waals surface area contributed by atoms with E-state index in [1.165, 1.54) is 4.90 Å². The van der Waals surface area contributed by atoms with Crippen LogP contribution >= 0.6 is 0 Å². The molecule has 35 heavy (non-hydrogen) atoms. The van der Waals surface area contributed by atoms with Crippen LogP contribution in [0.15, 0.2) is 30.3 Å². The van der Waals surface area contributed by atoms with Crippen molar-refractivity contribution in [3.63, 3.8) is 0 Å². The van der Waals surface area contributed by atoms with Gasteiger partial charge < -0.3 is 32.1 Å². The molecule has 0 bridgehead atoms. The second-order valence-electron chi connectivity index (χ2n) is 8.93. The van der Waals surface area contributed by atoms with Crippen LogP contribution in [-0.4, -0.2) is 70.3 Å². The smallest absolute Gasteiger partial charge is 0.326 e. The lowest BCUT2D eigenvalue weighted by Crippen LogP contribution is -2.59. The van der Waals surface area contributed by atoms with E-state index in [1.54, 1.807) is 19.1 Å². The molecule has 5 atom stereocenters. The highest BCUT2D eigenvalue weighted by Gasteiger charge is 2.39. The monoisotopic (exact) mass is 489 g/mol. The zero-order valence-electron chi connectivity index (χ0n) is 20.1. The molecule has 1 aromatic rings. The topological polar surface area (TPSA) is 185 Å². The SMILES string of the molecule is CCC(C)C(NC(=O)C(N)CC(N)=O)C(=O)NC(Cc1ccccc1)C(=O)N1CCCC1C(=O)O. The van der Waals surface area contributed by atoms with Crippen LogP contribution in [0.3, 0.4) is 0 Å². The van der Waals surface area contributed by atoms with E-state index in [1.807, 2.05) is 25.1 Å². The zero-order valence-corrected chi connectivity index (χ0v) is 20.1. The average molecular weight is 490 g/mol. The Bertz CT molecular complexity index is 924. The average Bonchev–Trinajstić information content (AvgIpc) is 3.31. The number of hydrogen-bond acceptors (Lipinski definition) is 6. The van der Waals surface area contributed by atoms with Crippen molar-refractivity contribution in [1.82, 2.24) is 15.5 Å². The predicted octanol–water partition coefficient (Wildman–Crippen LogP) is -0.477. The van der Waals surface area contributed by atoms with E-state index in [9.17, 15) is 29.1 Å². The number of carboxylic acids is 1. The van der Waals surface area contributed by atoms with Crippen LogP contribution < -0.4 is 22.1 Å². The van der Waals surface area contributed by atoms with E-state index in [4.69, 9.17) is 11.5 Å². The molecule has 1 saturated heterocycles. The fourth-order valence-corrected chi connectivity index (χ4v) is 4.07. The molecule has 0 spiro atoms. The molecule has 192 valence electrons. The van der Waals surface area contributed by atoms with Gasteiger partial charge in [0.25, 0.3) is 0 Å². The minimum atomic E-state index is -1.21. The van der Waals surface area contributed by atoms with Crippen molar-refractivity contribution in [2.24, 2.45) is 17.4 Å². The van der Waals surface area contributed by atoms with Crippen LogP contribution in [0.1, 0.15) is 45.1 Å². The number of carbonyl (C=O) groups excluding carboxylic acids is 4. The first kappa shape index (κ1) is 27.8. The molecule has 11 heteroatoms. The van der Waals surface area contributed by atoms with E-state index < -0.39 is 53.8 Å². The summed E-state index contributed by atoms with van der Waals surface area (Å²) in [6.07, 6.45) is 1.21. The number of benzene rings is 1. The van der Waals surface area contributed by atoms with Crippen molar-refractivity contribution >= 4 is 29.6 Å². The van der Waals surface area contributed by atoms with E-state index in [-0.39, 0.29) is 25.3 Å². The first-order valence-electron chi connectivity index (χ1n) is 11.8. The number of hydrogen-bond donors (Lipinski definition) is 5. The summed E-state index contributed by atoms with van der Waals surface area (Å²) in [7, 11) is 0. The maximum atomic E-state index is 13.4. The predicted molar refractivity (Wildman–Crippen MR) is 128 cm³/mol. The molecular weight excluding hydrogens is 454 g/mol. The lowest BCUT2D eigenvalue weighted by atomic mass is 9.96. The second-order valence-corrected chi connectivity index (χ2v) is 8.93. The number of nitrogens with one attached hydrogen (secondary N) is 2. The van der Waals surface area contributed by atoms with Gasteiger partial charge in [0.05, 0.1) is 12.5 Å². The van der Waals surface area contributed by atoms with Crippen molar-refractivity contribution in [3.05, 3.63) is 35.9 Å². The maximum Gasteiger partial charge on any atom is 0.326 e. The van der Waals surface area contributed by atoms with Gasteiger partial charge in [0.2, 0.25) is 23.6 Å². The molecule has 5 unspecified atom stereocenters. The summed E-state index contributed by atoms with van der Waals surface area (Å²) in [5.74, 6) is -3.95. The number of amides is 4. The van der Waals surface area contributed by atoms with E-state index in [0.29, 0.717) is 19.3 Å². The molecule has 2 rings (SSSR count). The Balaban J connectivity index is 2.26. The van der Waals surface area contributed by atoms with Gasteiger partial charge >= 0.3 is 5.97 Å². The largest absolute Gasteiger partial charge is 0.480 e. The number of rotatable bonds is 12. The summed E-state index contributed by atoms with van der Waals surface area (Å²) < 4.78 is 0. The number of nitrogens with two attached hydrogens (primary N) is 2. The summed E-state index contributed by atoms with van der Waals surface area (Å²) in [6, 6.07) is 4.82. The van der Waals surface area contributed by atoms with Crippen LogP contribution in [0, 0.1) is 5.92 Å². The number of likely N-dealkylation sites (tertiary alicyclic amines) is 1. The first-order chi connectivity index (χ1) is 16.5. The van der Waals surface area contributed by atoms with Gasteiger partial charge in [-0.1, -0.05) is 50.6 Å². The minimum Gasteiger partial charge on any atom is -0.480 e. The third-order valence-electron chi connectivity index (χ3n) is 6.27. The molecule has 0 radical (unpaired) electrons. The molecule has 0 aromatic heterocycles. The highest BCUT2D eigenvalue weighted by Crippen LogP contribution is 2.20. The number of carboxylic acid groups (broad SMARTS) is 1. The van der Waals surface area contributed by atoms with Crippen molar-refractivity contribution in [1.29, 1.82) is 0 Å². The molecule has 1 aliphatic heterocycles. The van der Waals surface area contributed by atoms with E-state index in [0.717, 1.165) is 5.56 Å². The molecule has 11 nitrogen and oxygen atoms in total. The molecule has 1 heterocycles. The molecule has 1 fully saturated rings. The Labute approximate surface area is 204 Å². The standard InChI is InChI=1S/C24H35N5O6/c1-3-14(2)20(28-21(31)16(25)13-19(26)30)22(32)27-17(12-15-8-5-4-6-9-15)23(33)29-11-7-10-18(29)24(34)35/h4-6,8-9,14,16-18,20H,3,7,10-13,25H2,1-2H3,(H2,26,30)(H,27,32)(H,28,31)(H,34,35). The van der Waals surface area contributed by atoms with E-state index in [2.05, 4.69) is 10.6 Å². The summed E-state index contributed by atoms with van der Waals surface area (Å²) in [5.41, 5.74) is 11.6. The van der Waals surface area contributed by atoms with Crippen LogP contribution in [0.25, 0.3) is 0 Å². The summed E-state index contributed by atoms with van der Waals surface area (Å²) in [4.78, 5) is 63.3. The Morgan fingerprint density at radius 1 is 1.11 bits per heavy atom. The van der Waals surface area contributed by atoms with Crippen molar-refractivity contribution in [3.8, 4) is 0 Å². The quantitative estimate of drug-likeness (QED) is 0.262. The highest BCUT2D eigenvalue weighted by atomic mass is 16.4. The first-order valence-corrected chi connectivity index (χ1v) is 11.8. The third-order valence-corrected chi connectivity index (χ3v) is 6.27. The number of primary amides is 1. The van der Waals surface area contributed by atoms with Gasteiger partial charge in [0, 0.05) is 13.0 Å². The van der Waals surface area contributed by atoms with Gasteiger partial charge in [-0.15, -0.1) is 0 Å². The Morgan fingerprint density at radius 2 is 1.77 bits per heavy atom. The van der Waals surface area contributed by atoms with Crippen molar-refractivity contribution in [2.75, 3.05) is 6.54 Å². The van der Waals surface area contributed by atoms with Crippen LogP contribution in [0.2, 0.25) is 0 Å². The van der Waals surface area contributed by atoms with Crippen LogP contribution in [0.4, 0.5) is 0 Å². The second kappa shape index (κ2) is 12.8. The highest BCUT2D eigenvalue weighted by molar-refractivity contribution is 5.95. The van der Waals surface area contributed by atoms with Gasteiger partial charge in [-0.2, -0.15) is 0 Å². The van der Waals surface area contributed by atoms with Gasteiger partial charge in [0.1, 0.15) is 18.1 Å². The van der Waals surface area contributed by atoms with Crippen LogP contribution in [-0.2, 0) is 30.4 Å². The molecule has 7 N–H and O–H groups in total. The molecule has 4 amide bonds. The minimum absolute atomic E-state index is 0.149. The molecule has 0 saturated carbocycles. The normalized spacial score (nSPS) is 18.7. The fourth-order valence-electron chi connectivity index (χ4n) is 4.07. The lowest BCUT2D eigenvalue weighted by Gasteiger charge is -2.30. The van der Waals surface area contributed by atoms with Gasteiger partial charge in [-0.05, 0) is 24.3 Å². The summed E-state index contributed by atoms with van der Waals surface area (Å²) >= 11 is 0. The van der Waals surface area contributed by atoms with Crippen LogP contribution in [0.5, 0.6) is 0 Å². The molecule has 1 aromatic carbocycles. The Kier molecular flexibility index (Phi) is 10.2. The number of aliphatic carboxylic acids is 1. The third kappa shape index (κ3) is 7.78. The Hall–Kier alpha value is -3.47. The van der Waals surface area contributed by atoms with Gasteiger partial charge in [0.15, 0.2) is 0 Å². The van der Waals surface area contributed by atoms with Crippen molar-refractivity contribution < 1.29 is 29.1 Å². The fraction of sp³-hybridized carbons (Fsp3) is 0.542. The van der Waals surface area contributed by atoms with E-state index >= 15 is 0 Å². The number of carbonyl (C=O) groups is 5. The summed E-state index contributed by atoms with van der Waals surface area (Å²) in [6.45, 7) is 3.89. The van der Waals surface area contributed by atoms with Gasteiger partial charge in [-0.25, -0.2) is 4.79 Å². The summed E-state index contributed by atoms with van der Waals surface area (Å²) in [5, 5.41) is 14.8. The zero-order chi connectivity index (χ0) is 26.1. The lowest BCUT2D eigenvalue weighted by molar-refractivity contribution is -0.149. The Morgan fingerprint density at radius 3 is 2.34 bits per heavy atom.